The Hall–Kier alpha value is -2.92. The van der Waals surface area contributed by atoms with Crippen LogP contribution in [0.3, 0.4) is 0 Å². The van der Waals surface area contributed by atoms with Crippen LogP contribution in [0.15, 0.2) is 18.5 Å². The second-order valence-corrected chi connectivity index (χ2v) is 8.52. The third-order valence-electron chi connectivity index (χ3n) is 6.68. The molecular weight excluding hydrogens is 378 g/mol. The molecule has 0 aromatic carbocycles. The first-order valence-corrected chi connectivity index (χ1v) is 10.9. The predicted molar refractivity (Wildman–Crippen MR) is 112 cm³/mol. The van der Waals surface area contributed by atoms with Crippen LogP contribution in [0, 0.1) is 24.2 Å². The molecule has 3 aromatic heterocycles. The van der Waals surface area contributed by atoms with Crippen molar-refractivity contribution < 1.29 is 4.74 Å². The quantitative estimate of drug-likeness (QED) is 0.700. The van der Waals surface area contributed by atoms with Crippen molar-refractivity contribution in [1.82, 2.24) is 29.9 Å². The summed E-state index contributed by atoms with van der Waals surface area (Å²) in [7, 11) is 0. The van der Waals surface area contributed by atoms with Crippen LogP contribution >= 0.6 is 0 Å². The topological polar surface area (TPSA) is 93.1 Å². The Morgan fingerprint density at radius 3 is 2.77 bits per heavy atom. The third-order valence-corrected chi connectivity index (χ3v) is 6.68. The molecule has 1 atom stereocenters. The lowest BCUT2D eigenvalue weighted by Gasteiger charge is -2.31. The summed E-state index contributed by atoms with van der Waals surface area (Å²) < 4.78 is 10.2. The summed E-state index contributed by atoms with van der Waals surface area (Å²) in [5.41, 5.74) is 4.03. The third kappa shape index (κ3) is 3.23. The lowest BCUT2D eigenvalue weighted by atomic mass is 9.82. The number of fused-ring (bicyclic) bond motifs is 1. The van der Waals surface area contributed by atoms with Gasteiger partial charge >= 0.3 is 0 Å². The molecule has 4 heterocycles. The molecule has 1 aliphatic carbocycles. The maximum atomic E-state index is 9.54. The van der Waals surface area contributed by atoms with E-state index in [4.69, 9.17) is 4.74 Å². The number of hydrogen-bond donors (Lipinski definition) is 1. The van der Waals surface area contributed by atoms with Gasteiger partial charge in [0, 0.05) is 11.8 Å². The number of hydrogen-bond acceptors (Lipinski definition) is 6. The van der Waals surface area contributed by atoms with Gasteiger partial charge in [0.05, 0.1) is 24.0 Å². The molecule has 2 aliphatic rings. The van der Waals surface area contributed by atoms with E-state index in [1.165, 1.54) is 19.3 Å². The highest BCUT2D eigenvalue weighted by Crippen LogP contribution is 2.36. The van der Waals surface area contributed by atoms with Gasteiger partial charge in [-0.25, -0.2) is 9.20 Å². The molecule has 1 N–H and O–H groups in total. The van der Waals surface area contributed by atoms with Crippen LogP contribution in [0.5, 0.6) is 5.75 Å². The minimum atomic E-state index is 0.103. The number of aromatic nitrogens is 5. The zero-order valence-corrected chi connectivity index (χ0v) is 17.5. The predicted octanol–water partition coefficient (Wildman–Crippen LogP) is 3.26. The normalized spacial score (nSPS) is 18.8. The van der Waals surface area contributed by atoms with E-state index in [1.807, 2.05) is 12.3 Å². The monoisotopic (exact) mass is 405 g/mol. The Kier molecular flexibility index (Phi) is 4.91. The molecule has 156 valence electrons. The van der Waals surface area contributed by atoms with Gasteiger partial charge in [-0.05, 0) is 64.6 Å². The fraction of sp³-hybridized carbons (Fsp3) is 0.545. The van der Waals surface area contributed by atoms with Gasteiger partial charge in [-0.3, -0.25) is 0 Å². The minimum absolute atomic E-state index is 0.103. The van der Waals surface area contributed by atoms with E-state index in [0.717, 1.165) is 48.4 Å². The largest absolute Gasteiger partial charge is 0.488 e. The molecule has 0 radical (unpaired) electrons. The van der Waals surface area contributed by atoms with Crippen LogP contribution in [0.1, 0.15) is 56.3 Å². The van der Waals surface area contributed by atoms with Crippen molar-refractivity contribution in [2.24, 2.45) is 5.92 Å². The number of pyridine rings is 1. The molecular formula is C22H27N7O. The fourth-order valence-electron chi connectivity index (χ4n) is 4.60. The number of piperidine rings is 1. The molecule has 8 heteroatoms. The van der Waals surface area contributed by atoms with Gasteiger partial charge < -0.3 is 10.1 Å². The number of ether oxygens (including phenoxy) is 1. The fourth-order valence-corrected chi connectivity index (χ4v) is 4.60. The SMILES string of the molecule is Cc1c(-c2cc(O[C@H](C)C3CCC3)c3c(C#N)cnn3c2)nnn1C1CCNCC1. The Labute approximate surface area is 175 Å². The molecule has 3 aromatic rings. The number of nitrogens with one attached hydrogen (secondary N) is 1. The van der Waals surface area contributed by atoms with Crippen molar-refractivity contribution in [3.8, 4) is 23.1 Å². The van der Waals surface area contributed by atoms with Crippen LogP contribution in [-0.4, -0.2) is 43.8 Å². The Balaban J connectivity index is 1.55. The average Bonchev–Trinajstić information content (AvgIpc) is 3.30. The Bertz CT molecular complexity index is 1100. The number of rotatable bonds is 5. The van der Waals surface area contributed by atoms with Gasteiger partial charge in [-0.2, -0.15) is 10.4 Å². The highest BCUT2D eigenvalue weighted by Gasteiger charge is 2.27. The van der Waals surface area contributed by atoms with E-state index < -0.39 is 0 Å². The van der Waals surface area contributed by atoms with Gasteiger partial charge in [0.2, 0.25) is 0 Å². The van der Waals surface area contributed by atoms with E-state index in [-0.39, 0.29) is 6.10 Å². The average molecular weight is 406 g/mol. The smallest absolute Gasteiger partial charge is 0.147 e. The van der Waals surface area contributed by atoms with Crippen LogP contribution in [0.2, 0.25) is 0 Å². The van der Waals surface area contributed by atoms with Gasteiger partial charge in [-0.15, -0.1) is 5.10 Å². The summed E-state index contributed by atoms with van der Waals surface area (Å²) in [5.74, 6) is 1.27. The number of nitriles is 1. The van der Waals surface area contributed by atoms with Crippen molar-refractivity contribution in [3.05, 3.63) is 29.7 Å². The van der Waals surface area contributed by atoms with E-state index in [9.17, 15) is 5.26 Å². The van der Waals surface area contributed by atoms with Crippen molar-refractivity contribution in [2.75, 3.05) is 13.1 Å². The molecule has 5 rings (SSSR count). The standard InChI is InChI=1S/C22H27N7O/c1-14-21(26-27-29(14)19-6-8-24-9-7-19)17-10-20(30-15(2)16-4-3-5-16)22-18(11-23)12-25-28(22)13-17/h10,12-13,15-16,19,24H,3-9H2,1-2H3/t15-/m1/s1. The summed E-state index contributed by atoms with van der Waals surface area (Å²) in [6.07, 6.45) is 9.39. The van der Waals surface area contributed by atoms with Gasteiger partial charge in [-0.1, -0.05) is 11.6 Å². The summed E-state index contributed by atoms with van der Waals surface area (Å²) in [6.45, 7) is 6.20. The van der Waals surface area contributed by atoms with Crippen LogP contribution in [-0.2, 0) is 0 Å². The van der Waals surface area contributed by atoms with Crippen molar-refractivity contribution >= 4 is 5.52 Å². The highest BCUT2D eigenvalue weighted by molar-refractivity contribution is 5.74. The maximum Gasteiger partial charge on any atom is 0.147 e. The van der Waals surface area contributed by atoms with E-state index in [1.54, 1.807) is 10.7 Å². The summed E-state index contributed by atoms with van der Waals surface area (Å²) in [5, 5.41) is 26.3. The second kappa shape index (κ2) is 7.73. The first-order valence-electron chi connectivity index (χ1n) is 10.9. The second-order valence-electron chi connectivity index (χ2n) is 8.52. The zero-order valence-electron chi connectivity index (χ0n) is 17.5. The molecule has 0 bridgehead atoms. The first kappa shape index (κ1) is 19.1. The maximum absolute atomic E-state index is 9.54. The van der Waals surface area contributed by atoms with E-state index >= 15 is 0 Å². The van der Waals surface area contributed by atoms with Crippen LogP contribution < -0.4 is 10.1 Å². The molecule has 1 aliphatic heterocycles. The summed E-state index contributed by atoms with van der Waals surface area (Å²) in [6, 6.07) is 4.61. The van der Waals surface area contributed by atoms with Crippen LogP contribution in [0.4, 0.5) is 0 Å². The molecule has 30 heavy (non-hydrogen) atoms. The molecule has 1 saturated carbocycles. The summed E-state index contributed by atoms with van der Waals surface area (Å²) in [4.78, 5) is 0. The van der Waals surface area contributed by atoms with E-state index in [0.29, 0.717) is 23.3 Å². The van der Waals surface area contributed by atoms with Gasteiger partial charge in [0.1, 0.15) is 28.6 Å². The molecule has 8 nitrogen and oxygen atoms in total. The molecule has 2 fully saturated rings. The van der Waals surface area contributed by atoms with Gasteiger partial charge in [0.25, 0.3) is 0 Å². The van der Waals surface area contributed by atoms with Crippen LogP contribution in [0.25, 0.3) is 16.8 Å². The zero-order chi connectivity index (χ0) is 20.7. The van der Waals surface area contributed by atoms with Crippen molar-refractivity contribution in [3.63, 3.8) is 0 Å². The van der Waals surface area contributed by atoms with Gasteiger partial charge in [0.15, 0.2) is 0 Å². The molecule has 0 unspecified atom stereocenters. The lowest BCUT2D eigenvalue weighted by molar-refractivity contribution is 0.1000. The number of nitrogens with zero attached hydrogens (tertiary/aromatic N) is 6. The Morgan fingerprint density at radius 1 is 1.27 bits per heavy atom. The Morgan fingerprint density at radius 2 is 2.07 bits per heavy atom. The molecule has 0 spiro atoms. The van der Waals surface area contributed by atoms with Crippen molar-refractivity contribution in [1.29, 1.82) is 5.26 Å². The first-order chi connectivity index (χ1) is 14.7. The molecule has 1 saturated heterocycles. The minimum Gasteiger partial charge on any atom is -0.488 e. The summed E-state index contributed by atoms with van der Waals surface area (Å²) >= 11 is 0. The van der Waals surface area contributed by atoms with E-state index in [2.05, 4.69) is 45.3 Å². The lowest BCUT2D eigenvalue weighted by Crippen LogP contribution is -2.30. The highest BCUT2D eigenvalue weighted by atomic mass is 16.5. The molecule has 0 amide bonds. The van der Waals surface area contributed by atoms with Crippen molar-refractivity contribution in [2.45, 2.75) is 58.1 Å².